The number of esters is 3. The molecule has 0 radical (unpaired) electrons. The summed E-state index contributed by atoms with van der Waals surface area (Å²) in [6, 6.07) is 0. The molecule has 0 spiro atoms. The SMILES string of the molecule is CCCCC/C=C\C/C=C\C/C=C\CCCCCCC(=O)OC[C@H](COC(=O)CCCCCCCCC/C=C\CCCCCCCC)OC(=O)CCCCCCCCC/C=C\CCCCCC. The molecule has 0 aliphatic rings. The van der Waals surface area contributed by atoms with Crippen LogP contribution < -0.4 is 0 Å². The Morgan fingerprint density at radius 2 is 0.537 bits per heavy atom. The highest BCUT2D eigenvalue weighted by atomic mass is 16.6. The Labute approximate surface area is 415 Å². The van der Waals surface area contributed by atoms with Crippen molar-refractivity contribution in [3.05, 3.63) is 60.8 Å². The molecular formula is C61H108O6. The zero-order valence-electron chi connectivity index (χ0n) is 44.4. The fourth-order valence-electron chi connectivity index (χ4n) is 8.09. The lowest BCUT2D eigenvalue weighted by Crippen LogP contribution is -2.30. The smallest absolute Gasteiger partial charge is 0.306 e. The molecule has 0 aliphatic heterocycles. The minimum atomic E-state index is -0.787. The third kappa shape index (κ3) is 53.9. The first kappa shape index (κ1) is 64.1. The molecule has 0 amide bonds. The summed E-state index contributed by atoms with van der Waals surface area (Å²) in [5.74, 6) is -0.905. The molecule has 0 rings (SSSR count). The van der Waals surface area contributed by atoms with Crippen molar-refractivity contribution in [1.29, 1.82) is 0 Å². The maximum atomic E-state index is 12.8. The second-order valence-electron chi connectivity index (χ2n) is 19.2. The van der Waals surface area contributed by atoms with Crippen LogP contribution in [0.1, 0.15) is 290 Å². The summed E-state index contributed by atoms with van der Waals surface area (Å²) in [6.45, 7) is 6.59. The number of carbonyl (C=O) groups is 3. The lowest BCUT2D eigenvalue weighted by atomic mass is 10.1. The molecule has 388 valence electrons. The summed E-state index contributed by atoms with van der Waals surface area (Å²) in [5.41, 5.74) is 0. The number of allylic oxidation sites excluding steroid dienone is 10. The van der Waals surface area contributed by atoms with Crippen LogP contribution in [0, 0.1) is 0 Å². The van der Waals surface area contributed by atoms with Crippen LogP contribution >= 0.6 is 0 Å². The van der Waals surface area contributed by atoms with E-state index in [-0.39, 0.29) is 31.1 Å². The van der Waals surface area contributed by atoms with Gasteiger partial charge in [-0.2, -0.15) is 0 Å². The topological polar surface area (TPSA) is 78.9 Å². The van der Waals surface area contributed by atoms with E-state index in [2.05, 4.69) is 81.5 Å². The fraction of sp³-hybridized carbons (Fsp3) is 0.787. The average molecular weight is 938 g/mol. The van der Waals surface area contributed by atoms with Crippen LogP contribution in [0.15, 0.2) is 60.8 Å². The van der Waals surface area contributed by atoms with Gasteiger partial charge in [-0.1, -0.05) is 223 Å². The van der Waals surface area contributed by atoms with Crippen molar-refractivity contribution in [3.8, 4) is 0 Å². The van der Waals surface area contributed by atoms with Gasteiger partial charge < -0.3 is 14.2 Å². The van der Waals surface area contributed by atoms with Crippen molar-refractivity contribution in [3.63, 3.8) is 0 Å². The summed E-state index contributed by atoms with van der Waals surface area (Å²) in [6.07, 6.45) is 69.1. The van der Waals surface area contributed by atoms with Crippen molar-refractivity contribution >= 4 is 17.9 Å². The number of hydrogen-bond acceptors (Lipinski definition) is 6. The quantitative estimate of drug-likeness (QED) is 0.0262. The molecule has 67 heavy (non-hydrogen) atoms. The van der Waals surface area contributed by atoms with Crippen molar-refractivity contribution in [2.24, 2.45) is 0 Å². The van der Waals surface area contributed by atoms with Crippen LogP contribution in [-0.2, 0) is 28.6 Å². The Balaban J connectivity index is 4.41. The normalized spacial score (nSPS) is 12.5. The summed E-state index contributed by atoms with van der Waals surface area (Å²) >= 11 is 0. The maximum Gasteiger partial charge on any atom is 0.306 e. The molecule has 0 aromatic heterocycles. The van der Waals surface area contributed by atoms with E-state index >= 15 is 0 Å². The standard InChI is InChI=1S/C61H108O6/c1-4-7-10-13-16-19-22-25-28-30-33-35-38-41-44-47-50-53-59(62)65-56-58(67-61(64)55-52-49-46-43-40-37-32-27-24-21-18-15-12-9-6-3)57-66-60(63)54-51-48-45-42-39-36-34-31-29-26-23-20-17-14-11-8-5-2/h16,19,21,24-26,28-29,33,35,58H,4-15,17-18,20,22-23,27,30-32,34,36-57H2,1-3H3/b19-16-,24-21-,28-25-,29-26-,35-33-/t58-/m1/s1. The van der Waals surface area contributed by atoms with Crippen molar-refractivity contribution in [1.82, 2.24) is 0 Å². The van der Waals surface area contributed by atoms with Crippen molar-refractivity contribution in [2.45, 2.75) is 297 Å². The molecule has 6 heteroatoms. The minimum Gasteiger partial charge on any atom is -0.462 e. The van der Waals surface area contributed by atoms with Gasteiger partial charge in [0.2, 0.25) is 0 Å². The third-order valence-electron chi connectivity index (χ3n) is 12.5. The van der Waals surface area contributed by atoms with Gasteiger partial charge in [0.15, 0.2) is 6.10 Å². The summed E-state index contributed by atoms with van der Waals surface area (Å²) in [5, 5.41) is 0. The first-order valence-corrected chi connectivity index (χ1v) is 28.8. The monoisotopic (exact) mass is 937 g/mol. The summed E-state index contributed by atoms with van der Waals surface area (Å²) in [7, 11) is 0. The van der Waals surface area contributed by atoms with Crippen molar-refractivity contribution in [2.75, 3.05) is 13.2 Å². The van der Waals surface area contributed by atoms with Crippen molar-refractivity contribution < 1.29 is 28.6 Å². The predicted molar refractivity (Wildman–Crippen MR) is 288 cm³/mol. The highest BCUT2D eigenvalue weighted by molar-refractivity contribution is 5.71. The van der Waals surface area contributed by atoms with Crippen LogP contribution in [0.4, 0.5) is 0 Å². The van der Waals surface area contributed by atoms with Gasteiger partial charge in [-0.15, -0.1) is 0 Å². The largest absolute Gasteiger partial charge is 0.462 e. The van der Waals surface area contributed by atoms with Gasteiger partial charge in [-0.05, 0) is 109 Å². The lowest BCUT2D eigenvalue weighted by molar-refractivity contribution is -0.167. The van der Waals surface area contributed by atoms with Gasteiger partial charge >= 0.3 is 17.9 Å². The van der Waals surface area contributed by atoms with Gasteiger partial charge in [-0.25, -0.2) is 0 Å². The van der Waals surface area contributed by atoms with Gasteiger partial charge in [0.05, 0.1) is 0 Å². The first-order valence-electron chi connectivity index (χ1n) is 28.8. The highest BCUT2D eigenvalue weighted by Gasteiger charge is 2.19. The maximum absolute atomic E-state index is 12.8. The first-order chi connectivity index (χ1) is 33.0. The van der Waals surface area contributed by atoms with Gasteiger partial charge in [-0.3, -0.25) is 14.4 Å². The number of carbonyl (C=O) groups excluding carboxylic acids is 3. The van der Waals surface area contributed by atoms with E-state index in [1.807, 2.05) is 0 Å². The van der Waals surface area contributed by atoms with E-state index in [9.17, 15) is 14.4 Å². The molecule has 0 saturated carbocycles. The molecular weight excluding hydrogens is 829 g/mol. The molecule has 1 atom stereocenters. The zero-order chi connectivity index (χ0) is 48.6. The van der Waals surface area contributed by atoms with E-state index in [0.29, 0.717) is 19.3 Å². The van der Waals surface area contributed by atoms with Crippen LogP contribution in [0.2, 0.25) is 0 Å². The molecule has 0 aliphatic carbocycles. The van der Waals surface area contributed by atoms with Crippen LogP contribution in [0.5, 0.6) is 0 Å². The molecule has 0 bridgehead atoms. The fourth-order valence-corrected chi connectivity index (χ4v) is 8.09. The van der Waals surface area contributed by atoms with Gasteiger partial charge in [0.25, 0.3) is 0 Å². The van der Waals surface area contributed by atoms with E-state index in [0.717, 1.165) is 83.5 Å². The third-order valence-corrected chi connectivity index (χ3v) is 12.5. The van der Waals surface area contributed by atoms with Gasteiger partial charge in [0, 0.05) is 19.3 Å². The lowest BCUT2D eigenvalue weighted by Gasteiger charge is -2.18. The average Bonchev–Trinajstić information content (AvgIpc) is 3.33. The molecule has 0 saturated heterocycles. The molecule has 0 aromatic rings. The molecule has 0 N–H and O–H groups in total. The van der Waals surface area contributed by atoms with E-state index in [1.54, 1.807) is 0 Å². The molecule has 0 aromatic carbocycles. The summed E-state index contributed by atoms with van der Waals surface area (Å²) < 4.78 is 16.9. The Morgan fingerprint density at radius 1 is 0.299 bits per heavy atom. The van der Waals surface area contributed by atoms with E-state index in [1.165, 1.54) is 167 Å². The highest BCUT2D eigenvalue weighted by Crippen LogP contribution is 2.15. The van der Waals surface area contributed by atoms with Crippen LogP contribution in [0.3, 0.4) is 0 Å². The zero-order valence-corrected chi connectivity index (χ0v) is 44.4. The Kier molecular flexibility index (Phi) is 53.3. The van der Waals surface area contributed by atoms with E-state index in [4.69, 9.17) is 14.2 Å². The Morgan fingerprint density at radius 3 is 0.896 bits per heavy atom. The number of hydrogen-bond donors (Lipinski definition) is 0. The Bertz CT molecular complexity index is 1210. The second-order valence-corrected chi connectivity index (χ2v) is 19.2. The predicted octanol–water partition coefficient (Wildman–Crippen LogP) is 19.2. The molecule has 0 heterocycles. The number of ether oxygens (including phenoxy) is 3. The summed E-state index contributed by atoms with van der Waals surface area (Å²) in [4.78, 5) is 38.1. The molecule has 6 nitrogen and oxygen atoms in total. The van der Waals surface area contributed by atoms with Crippen LogP contribution in [0.25, 0.3) is 0 Å². The molecule has 0 unspecified atom stereocenters. The van der Waals surface area contributed by atoms with Gasteiger partial charge in [0.1, 0.15) is 13.2 Å². The molecule has 0 fully saturated rings. The Hall–Kier alpha value is -2.89. The van der Waals surface area contributed by atoms with Crippen LogP contribution in [-0.4, -0.2) is 37.2 Å². The number of rotatable bonds is 52. The number of unbranched alkanes of at least 4 members (excludes halogenated alkanes) is 31. The second kappa shape index (κ2) is 55.7. The minimum absolute atomic E-state index is 0.0845. The van der Waals surface area contributed by atoms with E-state index < -0.39 is 6.10 Å².